The van der Waals surface area contributed by atoms with E-state index < -0.39 is 0 Å². The molecule has 0 atom stereocenters. The van der Waals surface area contributed by atoms with Gasteiger partial charge in [0.15, 0.2) is 0 Å². The molecule has 0 aromatic carbocycles. The van der Waals surface area contributed by atoms with Crippen molar-refractivity contribution in [2.45, 2.75) is 51.0 Å². The molecule has 2 aliphatic rings. The highest BCUT2D eigenvalue weighted by Crippen LogP contribution is 2.29. The van der Waals surface area contributed by atoms with Gasteiger partial charge in [-0.2, -0.15) is 0 Å². The van der Waals surface area contributed by atoms with Crippen molar-refractivity contribution in [3.8, 4) is 0 Å². The third kappa shape index (κ3) is 1.50. The summed E-state index contributed by atoms with van der Waals surface area (Å²) in [5.41, 5.74) is 1.40. The fraction of sp³-hybridized carbons (Fsp3) is 0.818. The maximum absolute atomic E-state index is 4.14. The van der Waals surface area contributed by atoms with Crippen molar-refractivity contribution < 1.29 is 0 Å². The molecule has 1 nitrogen and oxygen atoms in total. The van der Waals surface area contributed by atoms with Crippen LogP contribution in [0.25, 0.3) is 0 Å². The normalized spacial score (nSPS) is 26.7. The fourth-order valence-electron chi connectivity index (χ4n) is 2.59. The van der Waals surface area contributed by atoms with E-state index >= 15 is 0 Å². The lowest BCUT2D eigenvalue weighted by atomic mass is 9.94. The molecule has 12 heavy (non-hydrogen) atoms. The SMILES string of the molecule is C=C1CCCN1C1CCCCC1. The van der Waals surface area contributed by atoms with Crippen molar-refractivity contribution in [2.75, 3.05) is 6.54 Å². The average molecular weight is 165 g/mol. The molecule has 1 aliphatic carbocycles. The predicted molar refractivity (Wildman–Crippen MR) is 52.0 cm³/mol. The highest BCUT2D eigenvalue weighted by atomic mass is 15.2. The Morgan fingerprint density at radius 1 is 1.08 bits per heavy atom. The van der Waals surface area contributed by atoms with Gasteiger partial charge in [-0.15, -0.1) is 0 Å². The summed E-state index contributed by atoms with van der Waals surface area (Å²) in [5.74, 6) is 0. The van der Waals surface area contributed by atoms with Gasteiger partial charge in [0.05, 0.1) is 0 Å². The second kappa shape index (κ2) is 3.51. The minimum Gasteiger partial charge on any atom is -0.372 e. The largest absolute Gasteiger partial charge is 0.372 e. The van der Waals surface area contributed by atoms with E-state index in [4.69, 9.17) is 0 Å². The predicted octanol–water partition coefficient (Wildman–Crippen LogP) is 2.93. The first kappa shape index (κ1) is 8.15. The monoisotopic (exact) mass is 165 g/mol. The van der Waals surface area contributed by atoms with Gasteiger partial charge in [-0.1, -0.05) is 25.8 Å². The van der Waals surface area contributed by atoms with E-state index in [9.17, 15) is 0 Å². The van der Waals surface area contributed by atoms with Gasteiger partial charge < -0.3 is 4.90 Å². The molecule has 0 aromatic heterocycles. The van der Waals surface area contributed by atoms with Crippen LogP contribution in [0.4, 0.5) is 0 Å². The van der Waals surface area contributed by atoms with Gasteiger partial charge in [0, 0.05) is 18.3 Å². The number of nitrogens with zero attached hydrogens (tertiary/aromatic N) is 1. The van der Waals surface area contributed by atoms with E-state index in [-0.39, 0.29) is 0 Å². The summed E-state index contributed by atoms with van der Waals surface area (Å²) in [6, 6.07) is 0.855. The molecular formula is C11H19N. The van der Waals surface area contributed by atoms with Crippen LogP contribution in [0.1, 0.15) is 44.9 Å². The first-order valence-corrected chi connectivity index (χ1v) is 5.32. The Hall–Kier alpha value is -0.460. The molecular weight excluding hydrogens is 146 g/mol. The van der Waals surface area contributed by atoms with E-state index in [2.05, 4.69) is 11.5 Å². The number of rotatable bonds is 1. The zero-order valence-corrected chi connectivity index (χ0v) is 7.89. The molecule has 68 valence electrons. The van der Waals surface area contributed by atoms with Gasteiger partial charge in [-0.3, -0.25) is 0 Å². The lowest BCUT2D eigenvalue weighted by Gasteiger charge is -2.33. The molecule has 0 aromatic rings. The molecule has 1 saturated carbocycles. The lowest BCUT2D eigenvalue weighted by Crippen LogP contribution is -2.32. The minimum atomic E-state index is 0.855. The van der Waals surface area contributed by atoms with E-state index in [0.29, 0.717) is 0 Å². The van der Waals surface area contributed by atoms with Crippen LogP contribution >= 0.6 is 0 Å². The Bertz CT molecular complexity index is 168. The topological polar surface area (TPSA) is 3.24 Å². The maximum atomic E-state index is 4.14. The van der Waals surface area contributed by atoms with Crippen molar-refractivity contribution in [2.24, 2.45) is 0 Å². The summed E-state index contributed by atoms with van der Waals surface area (Å²) < 4.78 is 0. The maximum Gasteiger partial charge on any atom is 0.0286 e. The van der Waals surface area contributed by atoms with Crippen LogP contribution < -0.4 is 0 Å². The first-order valence-electron chi connectivity index (χ1n) is 5.32. The molecule has 1 heterocycles. The van der Waals surface area contributed by atoms with Crippen LogP contribution in [0.5, 0.6) is 0 Å². The molecule has 0 bridgehead atoms. The summed E-state index contributed by atoms with van der Waals surface area (Å²) in [6.45, 7) is 5.42. The third-order valence-electron chi connectivity index (χ3n) is 3.29. The summed E-state index contributed by atoms with van der Waals surface area (Å²) in [7, 11) is 0. The zero-order chi connectivity index (χ0) is 8.39. The summed E-state index contributed by atoms with van der Waals surface area (Å²) in [6.07, 6.45) is 9.75. The summed E-state index contributed by atoms with van der Waals surface area (Å²) in [5, 5.41) is 0. The highest BCUT2D eigenvalue weighted by Gasteiger charge is 2.24. The van der Waals surface area contributed by atoms with Crippen molar-refractivity contribution in [1.82, 2.24) is 4.90 Å². The number of allylic oxidation sites excluding steroid dienone is 1. The Morgan fingerprint density at radius 2 is 1.83 bits per heavy atom. The molecule has 2 rings (SSSR count). The number of hydrogen-bond acceptors (Lipinski definition) is 1. The third-order valence-corrected chi connectivity index (χ3v) is 3.29. The van der Waals surface area contributed by atoms with Crippen molar-refractivity contribution in [1.29, 1.82) is 0 Å². The van der Waals surface area contributed by atoms with E-state index in [0.717, 1.165) is 6.04 Å². The van der Waals surface area contributed by atoms with Crippen molar-refractivity contribution >= 4 is 0 Å². The van der Waals surface area contributed by atoms with E-state index in [1.165, 1.54) is 57.2 Å². The second-order valence-electron chi connectivity index (χ2n) is 4.16. The molecule has 1 heteroatoms. The van der Waals surface area contributed by atoms with E-state index in [1.54, 1.807) is 0 Å². The molecule has 1 saturated heterocycles. The Morgan fingerprint density at radius 3 is 2.42 bits per heavy atom. The van der Waals surface area contributed by atoms with Crippen LogP contribution in [0.3, 0.4) is 0 Å². The van der Waals surface area contributed by atoms with Crippen molar-refractivity contribution in [3.05, 3.63) is 12.3 Å². The number of likely N-dealkylation sites (tertiary alicyclic amines) is 1. The van der Waals surface area contributed by atoms with Crippen LogP contribution in [0.2, 0.25) is 0 Å². The van der Waals surface area contributed by atoms with Crippen molar-refractivity contribution in [3.63, 3.8) is 0 Å². The molecule has 0 unspecified atom stereocenters. The lowest BCUT2D eigenvalue weighted by molar-refractivity contribution is 0.224. The molecule has 0 radical (unpaired) electrons. The zero-order valence-electron chi connectivity index (χ0n) is 7.89. The standard InChI is InChI=1S/C11H19N/c1-10-6-5-9-12(10)11-7-3-2-4-8-11/h11H,1-9H2. The summed E-state index contributed by atoms with van der Waals surface area (Å²) in [4.78, 5) is 2.57. The molecule has 0 N–H and O–H groups in total. The molecule has 0 amide bonds. The minimum absolute atomic E-state index is 0.855. The van der Waals surface area contributed by atoms with Crippen LogP contribution in [-0.4, -0.2) is 17.5 Å². The molecule has 2 fully saturated rings. The average Bonchev–Trinajstić information content (AvgIpc) is 2.53. The van der Waals surface area contributed by atoms with E-state index in [1.807, 2.05) is 0 Å². The van der Waals surface area contributed by atoms with Gasteiger partial charge in [0.1, 0.15) is 0 Å². The van der Waals surface area contributed by atoms with Gasteiger partial charge in [0.2, 0.25) is 0 Å². The Balaban J connectivity index is 1.93. The van der Waals surface area contributed by atoms with Gasteiger partial charge in [0.25, 0.3) is 0 Å². The van der Waals surface area contributed by atoms with Crippen LogP contribution in [0, 0.1) is 0 Å². The smallest absolute Gasteiger partial charge is 0.0286 e. The second-order valence-corrected chi connectivity index (χ2v) is 4.16. The highest BCUT2D eigenvalue weighted by molar-refractivity contribution is 5.02. The van der Waals surface area contributed by atoms with Crippen LogP contribution in [-0.2, 0) is 0 Å². The Kier molecular flexibility index (Phi) is 2.38. The fourth-order valence-corrected chi connectivity index (χ4v) is 2.59. The quantitative estimate of drug-likeness (QED) is 0.577. The molecule has 1 aliphatic heterocycles. The Labute approximate surface area is 75.4 Å². The van der Waals surface area contributed by atoms with Gasteiger partial charge in [-0.05, 0) is 25.7 Å². The van der Waals surface area contributed by atoms with Crippen LogP contribution in [0.15, 0.2) is 12.3 Å². The number of hydrogen-bond donors (Lipinski definition) is 0. The first-order chi connectivity index (χ1) is 5.88. The van der Waals surface area contributed by atoms with Gasteiger partial charge in [-0.25, -0.2) is 0 Å². The molecule has 0 spiro atoms. The summed E-state index contributed by atoms with van der Waals surface area (Å²) >= 11 is 0. The van der Waals surface area contributed by atoms with Gasteiger partial charge >= 0.3 is 0 Å².